The van der Waals surface area contributed by atoms with Crippen molar-refractivity contribution >= 4 is 11.9 Å². The number of benzene rings is 1. The predicted molar refractivity (Wildman–Crippen MR) is 87.1 cm³/mol. The Morgan fingerprint density at radius 2 is 2.04 bits per heavy atom. The normalized spacial score (nSPS) is 14.6. The van der Waals surface area contributed by atoms with Crippen LogP contribution in [0.25, 0.3) is 11.3 Å². The third kappa shape index (κ3) is 3.60. The molecule has 0 bridgehead atoms. The Balaban J connectivity index is 1.91. The lowest BCUT2D eigenvalue weighted by Gasteiger charge is -2.15. The van der Waals surface area contributed by atoms with Gasteiger partial charge in [-0.1, -0.05) is 6.07 Å². The van der Waals surface area contributed by atoms with Crippen molar-refractivity contribution in [2.45, 2.75) is 23.9 Å². The summed E-state index contributed by atoms with van der Waals surface area (Å²) in [6.07, 6.45) is -2.14. The van der Waals surface area contributed by atoms with Crippen molar-refractivity contribution in [3.63, 3.8) is 0 Å². The van der Waals surface area contributed by atoms with Crippen molar-refractivity contribution < 1.29 is 13.2 Å². The minimum absolute atomic E-state index is 0.168. The fraction of sp³-hybridized carbons (Fsp3) is 0.353. The SMILES string of the molecule is Cn1c(C#N)ccc1-c1ccc(SNCC2CC2)c(C(F)(F)F)c1. The molecule has 2 aromatic rings. The van der Waals surface area contributed by atoms with Crippen LogP contribution in [0.2, 0.25) is 0 Å². The molecular formula is C17H16F3N3S. The molecule has 3 rings (SSSR count). The first kappa shape index (κ1) is 16.9. The maximum Gasteiger partial charge on any atom is 0.417 e. The molecule has 7 heteroatoms. The van der Waals surface area contributed by atoms with Crippen LogP contribution in [0, 0.1) is 17.2 Å². The molecule has 24 heavy (non-hydrogen) atoms. The fourth-order valence-corrected chi connectivity index (χ4v) is 3.37. The van der Waals surface area contributed by atoms with Gasteiger partial charge in [-0.2, -0.15) is 18.4 Å². The largest absolute Gasteiger partial charge is 0.417 e. The van der Waals surface area contributed by atoms with E-state index in [1.807, 2.05) is 6.07 Å². The van der Waals surface area contributed by atoms with E-state index < -0.39 is 11.7 Å². The number of halogens is 3. The zero-order valence-electron chi connectivity index (χ0n) is 13.0. The van der Waals surface area contributed by atoms with Gasteiger partial charge in [0.25, 0.3) is 0 Å². The Kier molecular flexibility index (Phi) is 4.61. The van der Waals surface area contributed by atoms with Crippen molar-refractivity contribution in [1.82, 2.24) is 9.29 Å². The number of alkyl halides is 3. The number of nitrogens with one attached hydrogen (secondary N) is 1. The first-order valence-electron chi connectivity index (χ1n) is 7.57. The van der Waals surface area contributed by atoms with Gasteiger partial charge in [-0.25, -0.2) is 0 Å². The molecule has 0 amide bonds. The number of nitriles is 1. The zero-order chi connectivity index (χ0) is 17.3. The first-order valence-corrected chi connectivity index (χ1v) is 8.39. The van der Waals surface area contributed by atoms with E-state index in [-0.39, 0.29) is 4.90 Å². The topological polar surface area (TPSA) is 40.8 Å². The molecule has 1 N–H and O–H groups in total. The highest BCUT2D eigenvalue weighted by Gasteiger charge is 2.34. The van der Waals surface area contributed by atoms with E-state index in [9.17, 15) is 13.2 Å². The van der Waals surface area contributed by atoms with Gasteiger partial charge >= 0.3 is 6.18 Å². The summed E-state index contributed by atoms with van der Waals surface area (Å²) < 4.78 is 44.9. The average Bonchev–Trinajstić information content (AvgIpc) is 3.28. The van der Waals surface area contributed by atoms with E-state index in [1.165, 1.54) is 6.07 Å². The van der Waals surface area contributed by atoms with Crippen LogP contribution in [0.3, 0.4) is 0 Å². The maximum absolute atomic E-state index is 13.4. The van der Waals surface area contributed by atoms with Gasteiger partial charge in [-0.3, -0.25) is 4.72 Å². The Morgan fingerprint density at radius 3 is 2.62 bits per heavy atom. The second kappa shape index (κ2) is 6.54. The van der Waals surface area contributed by atoms with Crippen LogP contribution in [0.15, 0.2) is 35.2 Å². The lowest BCUT2D eigenvalue weighted by atomic mass is 10.1. The summed E-state index contributed by atoms with van der Waals surface area (Å²) in [5.41, 5.74) is 0.772. The molecule has 1 aromatic heterocycles. The van der Waals surface area contributed by atoms with E-state index in [4.69, 9.17) is 5.26 Å². The van der Waals surface area contributed by atoms with Crippen LogP contribution in [-0.2, 0) is 13.2 Å². The van der Waals surface area contributed by atoms with Gasteiger partial charge in [-0.05, 0) is 60.5 Å². The molecule has 0 spiro atoms. The summed E-state index contributed by atoms with van der Waals surface area (Å²) in [5, 5.41) is 8.99. The quantitative estimate of drug-likeness (QED) is 0.801. The van der Waals surface area contributed by atoms with E-state index in [0.29, 0.717) is 22.9 Å². The highest BCUT2D eigenvalue weighted by Crippen LogP contribution is 2.39. The fourth-order valence-electron chi connectivity index (χ4n) is 2.47. The van der Waals surface area contributed by atoms with Crippen molar-refractivity contribution in [3.8, 4) is 17.3 Å². The summed E-state index contributed by atoms with van der Waals surface area (Å²) in [4.78, 5) is 0.168. The van der Waals surface area contributed by atoms with E-state index in [2.05, 4.69) is 4.72 Å². The van der Waals surface area contributed by atoms with Gasteiger partial charge in [0.2, 0.25) is 0 Å². The van der Waals surface area contributed by atoms with Crippen LogP contribution in [-0.4, -0.2) is 11.1 Å². The molecule has 0 radical (unpaired) electrons. The van der Waals surface area contributed by atoms with Gasteiger partial charge in [0.15, 0.2) is 0 Å². The number of hydrogen-bond donors (Lipinski definition) is 1. The highest BCUT2D eigenvalue weighted by molar-refractivity contribution is 7.97. The molecule has 126 valence electrons. The Labute approximate surface area is 142 Å². The number of hydrogen-bond acceptors (Lipinski definition) is 3. The standard InChI is InChI=1S/C17H16F3N3S/c1-23-13(9-21)5-6-15(23)12-4-7-16(14(8-12)17(18,19)20)24-22-10-11-2-3-11/h4-8,11,22H,2-3,10H2,1H3. The van der Waals surface area contributed by atoms with Gasteiger partial charge in [0.1, 0.15) is 11.8 Å². The Bertz CT molecular complexity index is 785. The summed E-state index contributed by atoms with van der Waals surface area (Å²) in [5.74, 6) is 0.596. The van der Waals surface area contributed by atoms with Crippen molar-refractivity contribution in [2.75, 3.05) is 6.54 Å². The third-order valence-electron chi connectivity index (χ3n) is 4.07. The molecular weight excluding hydrogens is 335 g/mol. The average molecular weight is 351 g/mol. The molecule has 1 fully saturated rings. The minimum atomic E-state index is -4.43. The number of nitrogens with zero attached hydrogens (tertiary/aromatic N) is 2. The second-order valence-electron chi connectivity index (χ2n) is 5.88. The van der Waals surface area contributed by atoms with Gasteiger partial charge in [-0.15, -0.1) is 0 Å². The summed E-state index contributed by atoms with van der Waals surface area (Å²) in [6, 6.07) is 9.57. The van der Waals surface area contributed by atoms with Gasteiger partial charge in [0.05, 0.1) is 5.56 Å². The van der Waals surface area contributed by atoms with Crippen molar-refractivity contribution in [1.29, 1.82) is 5.26 Å². The summed E-state index contributed by atoms with van der Waals surface area (Å²) in [7, 11) is 1.67. The number of aromatic nitrogens is 1. The zero-order valence-corrected chi connectivity index (χ0v) is 13.8. The van der Waals surface area contributed by atoms with Crippen molar-refractivity contribution in [3.05, 3.63) is 41.6 Å². The first-order chi connectivity index (χ1) is 11.4. The smallest absolute Gasteiger partial charge is 0.335 e. The van der Waals surface area contributed by atoms with Crippen molar-refractivity contribution in [2.24, 2.45) is 13.0 Å². The Hall–Kier alpha value is -1.91. The monoisotopic (exact) mass is 351 g/mol. The van der Waals surface area contributed by atoms with Gasteiger partial charge < -0.3 is 4.57 Å². The number of rotatable bonds is 5. The molecule has 1 aliphatic rings. The van der Waals surface area contributed by atoms with Crippen LogP contribution in [0.5, 0.6) is 0 Å². The molecule has 3 nitrogen and oxygen atoms in total. The lowest BCUT2D eigenvalue weighted by Crippen LogP contribution is -2.12. The molecule has 1 saturated carbocycles. The predicted octanol–water partition coefficient (Wildman–Crippen LogP) is 4.59. The molecule has 1 heterocycles. The highest BCUT2D eigenvalue weighted by atomic mass is 32.2. The van der Waals surface area contributed by atoms with Crippen LogP contribution < -0.4 is 4.72 Å². The van der Waals surface area contributed by atoms with Gasteiger partial charge in [0, 0.05) is 24.2 Å². The minimum Gasteiger partial charge on any atom is -0.335 e. The lowest BCUT2D eigenvalue weighted by molar-refractivity contribution is -0.139. The molecule has 0 unspecified atom stereocenters. The third-order valence-corrected chi connectivity index (χ3v) is 4.96. The van der Waals surface area contributed by atoms with Crippen LogP contribution in [0.1, 0.15) is 24.1 Å². The van der Waals surface area contributed by atoms with E-state index in [0.717, 1.165) is 37.4 Å². The molecule has 0 atom stereocenters. The molecule has 1 aliphatic carbocycles. The van der Waals surface area contributed by atoms with E-state index >= 15 is 0 Å². The van der Waals surface area contributed by atoms with Crippen LogP contribution >= 0.6 is 11.9 Å². The summed E-state index contributed by atoms with van der Waals surface area (Å²) >= 11 is 1.03. The maximum atomic E-state index is 13.4. The molecule has 1 aromatic carbocycles. The Morgan fingerprint density at radius 1 is 1.29 bits per heavy atom. The second-order valence-corrected chi connectivity index (χ2v) is 6.81. The summed E-state index contributed by atoms with van der Waals surface area (Å²) in [6.45, 7) is 0.729. The van der Waals surface area contributed by atoms with Crippen LogP contribution in [0.4, 0.5) is 13.2 Å². The van der Waals surface area contributed by atoms with E-state index in [1.54, 1.807) is 29.8 Å². The molecule has 0 saturated heterocycles. The molecule has 0 aliphatic heterocycles.